The second-order valence-corrected chi connectivity index (χ2v) is 5.93. The maximum Gasteiger partial charge on any atom is 0.342 e. The molecule has 1 heterocycles. The van der Waals surface area contributed by atoms with E-state index in [4.69, 9.17) is 14.2 Å². The number of hydrogen-bond donors (Lipinski definition) is 4. The molecule has 162 valence electrons. The van der Waals surface area contributed by atoms with E-state index >= 15 is 0 Å². The maximum atomic E-state index is 11.9. The highest BCUT2D eigenvalue weighted by Crippen LogP contribution is 2.38. The molecule has 0 aliphatic heterocycles. The van der Waals surface area contributed by atoms with Crippen molar-refractivity contribution in [2.24, 2.45) is 5.10 Å². The van der Waals surface area contributed by atoms with E-state index in [2.05, 4.69) is 26.0 Å². The van der Waals surface area contributed by atoms with Crippen LogP contribution in [0.5, 0.6) is 17.2 Å². The Hall–Kier alpha value is -3.83. The van der Waals surface area contributed by atoms with Gasteiger partial charge >= 0.3 is 5.69 Å². The van der Waals surface area contributed by atoms with Crippen molar-refractivity contribution in [1.82, 2.24) is 20.6 Å². The van der Waals surface area contributed by atoms with Crippen LogP contribution < -0.4 is 36.2 Å². The number of nitrogens with zero attached hydrogens (tertiary/aromatic N) is 2. The molecule has 0 radical (unpaired) electrons. The van der Waals surface area contributed by atoms with Crippen LogP contribution in [0.3, 0.4) is 0 Å². The average Bonchev–Trinajstić information content (AvgIpc) is 2.73. The molecule has 2 aromatic rings. The number of anilines is 1. The van der Waals surface area contributed by atoms with E-state index in [0.717, 1.165) is 6.42 Å². The van der Waals surface area contributed by atoms with Crippen molar-refractivity contribution in [3.05, 3.63) is 38.5 Å². The topological polar surface area (TPSA) is 160 Å². The minimum Gasteiger partial charge on any atom is -0.493 e. The average molecular weight is 420 g/mol. The molecule has 12 nitrogen and oxygen atoms in total. The molecular formula is C18H24N6O6. The van der Waals surface area contributed by atoms with Crippen molar-refractivity contribution < 1.29 is 19.0 Å². The highest BCUT2D eigenvalue weighted by atomic mass is 16.5. The molecule has 0 fully saturated rings. The summed E-state index contributed by atoms with van der Waals surface area (Å²) < 4.78 is 16.4. The smallest absolute Gasteiger partial charge is 0.342 e. The Morgan fingerprint density at radius 1 is 1.23 bits per heavy atom. The lowest BCUT2D eigenvalue weighted by Gasteiger charge is -2.14. The molecular weight excluding hydrogens is 396 g/mol. The van der Waals surface area contributed by atoms with Crippen molar-refractivity contribution >= 4 is 17.9 Å². The normalized spacial score (nSPS) is 10.6. The van der Waals surface area contributed by atoms with Gasteiger partial charge in [-0.05, 0) is 18.6 Å². The van der Waals surface area contributed by atoms with Gasteiger partial charge in [0.05, 0.1) is 27.0 Å². The highest BCUT2D eigenvalue weighted by molar-refractivity contribution is 5.84. The number of aromatic nitrogens is 3. The fourth-order valence-corrected chi connectivity index (χ4v) is 2.32. The number of ether oxygens (including phenoxy) is 3. The number of benzene rings is 1. The minimum atomic E-state index is -0.712. The Morgan fingerprint density at radius 3 is 2.53 bits per heavy atom. The number of H-pyrrole nitrogens is 2. The third kappa shape index (κ3) is 6.36. The Balaban J connectivity index is 1.92. The summed E-state index contributed by atoms with van der Waals surface area (Å²) in [5.74, 6) is 0.994. The predicted molar refractivity (Wildman–Crippen MR) is 110 cm³/mol. The molecule has 0 bridgehead atoms. The number of amides is 1. The van der Waals surface area contributed by atoms with Gasteiger partial charge in [0.2, 0.25) is 17.5 Å². The number of aromatic amines is 2. The van der Waals surface area contributed by atoms with E-state index in [1.165, 1.54) is 20.4 Å². The van der Waals surface area contributed by atoms with Gasteiger partial charge in [0.1, 0.15) is 0 Å². The third-order valence-corrected chi connectivity index (χ3v) is 3.69. The van der Waals surface area contributed by atoms with Crippen molar-refractivity contribution in [2.45, 2.75) is 19.8 Å². The number of methoxy groups -OCH3 is 2. The van der Waals surface area contributed by atoms with Gasteiger partial charge in [-0.25, -0.2) is 15.3 Å². The Bertz CT molecular complexity index is 974. The Labute approximate surface area is 171 Å². The summed E-state index contributed by atoms with van der Waals surface area (Å²) in [6.45, 7) is 2.63. The number of rotatable bonds is 11. The van der Waals surface area contributed by atoms with Gasteiger partial charge in [-0.1, -0.05) is 6.92 Å². The predicted octanol–water partition coefficient (Wildman–Crippen LogP) is 0.217. The zero-order valence-electron chi connectivity index (χ0n) is 16.9. The molecule has 12 heteroatoms. The second-order valence-electron chi connectivity index (χ2n) is 5.93. The van der Waals surface area contributed by atoms with E-state index in [0.29, 0.717) is 29.4 Å². The number of hydrogen-bond acceptors (Lipinski definition) is 9. The van der Waals surface area contributed by atoms with Crippen molar-refractivity contribution in [1.29, 1.82) is 0 Å². The molecule has 2 rings (SSSR count). The Morgan fingerprint density at radius 2 is 1.93 bits per heavy atom. The molecule has 1 aromatic heterocycles. The van der Waals surface area contributed by atoms with E-state index in [1.807, 2.05) is 11.9 Å². The van der Waals surface area contributed by atoms with Crippen LogP contribution in [0.1, 0.15) is 25.3 Å². The van der Waals surface area contributed by atoms with Gasteiger partial charge in [0, 0.05) is 18.5 Å². The number of nitrogens with one attached hydrogen (secondary N) is 4. The molecule has 0 atom stereocenters. The van der Waals surface area contributed by atoms with Gasteiger partial charge in [-0.15, -0.1) is 5.10 Å². The van der Waals surface area contributed by atoms with E-state index < -0.39 is 11.2 Å². The summed E-state index contributed by atoms with van der Waals surface area (Å²) >= 11 is 0. The first-order valence-electron chi connectivity index (χ1n) is 9.12. The lowest BCUT2D eigenvalue weighted by atomic mass is 10.2. The first-order valence-corrected chi connectivity index (χ1v) is 9.12. The summed E-state index contributed by atoms with van der Waals surface area (Å²) in [7, 11) is 3.04. The van der Waals surface area contributed by atoms with Crippen LogP contribution in [0.15, 0.2) is 26.8 Å². The quantitative estimate of drug-likeness (QED) is 0.297. The van der Waals surface area contributed by atoms with Crippen LogP contribution >= 0.6 is 0 Å². The molecule has 0 unspecified atom stereocenters. The summed E-state index contributed by atoms with van der Waals surface area (Å²) in [5, 5.41) is 12.2. The standard InChI is InChI=1S/C18H24N6O6/c1-4-7-30-15-12(28-2)8-11(9-13(15)29-3)10-20-22-14(25)5-6-19-16-17(26)21-18(27)24-23-16/h8-10H,4-7H2,1-3H3,(H,19,23)(H,22,25)(H2,21,24,26,27)/b20-10+. The number of carbonyl (C=O) groups excluding carboxylic acids is 1. The molecule has 1 amide bonds. The Kier molecular flexibility index (Phi) is 8.41. The van der Waals surface area contributed by atoms with Crippen LogP contribution in [0, 0.1) is 0 Å². The van der Waals surface area contributed by atoms with Gasteiger partial charge < -0.3 is 19.5 Å². The van der Waals surface area contributed by atoms with E-state index in [-0.39, 0.29) is 24.7 Å². The highest BCUT2D eigenvalue weighted by Gasteiger charge is 2.13. The van der Waals surface area contributed by atoms with Gasteiger partial charge in [0.15, 0.2) is 11.5 Å². The molecule has 0 spiro atoms. The first-order chi connectivity index (χ1) is 14.5. The van der Waals surface area contributed by atoms with Gasteiger partial charge in [0.25, 0.3) is 5.56 Å². The summed E-state index contributed by atoms with van der Waals surface area (Å²) in [6.07, 6.45) is 2.30. The van der Waals surface area contributed by atoms with Crippen LogP contribution in [-0.2, 0) is 4.79 Å². The van der Waals surface area contributed by atoms with Crippen LogP contribution in [0.25, 0.3) is 0 Å². The molecule has 0 saturated carbocycles. The van der Waals surface area contributed by atoms with Crippen molar-refractivity contribution in [2.75, 3.05) is 32.7 Å². The molecule has 0 aliphatic rings. The summed E-state index contributed by atoms with van der Waals surface area (Å²) in [6, 6.07) is 3.41. The fourth-order valence-electron chi connectivity index (χ4n) is 2.32. The van der Waals surface area contributed by atoms with Gasteiger partial charge in [-0.2, -0.15) is 5.10 Å². The lowest BCUT2D eigenvalue weighted by molar-refractivity contribution is -0.120. The second kappa shape index (κ2) is 11.2. The molecule has 0 saturated heterocycles. The first kappa shape index (κ1) is 22.5. The number of carbonyl (C=O) groups is 1. The van der Waals surface area contributed by atoms with E-state index in [1.54, 1.807) is 12.1 Å². The van der Waals surface area contributed by atoms with Gasteiger partial charge in [-0.3, -0.25) is 14.6 Å². The zero-order valence-corrected chi connectivity index (χ0v) is 16.9. The summed E-state index contributed by atoms with van der Waals surface area (Å²) in [5.41, 5.74) is 1.63. The molecule has 0 aliphatic carbocycles. The monoisotopic (exact) mass is 420 g/mol. The third-order valence-electron chi connectivity index (χ3n) is 3.69. The minimum absolute atomic E-state index is 0.0218. The summed E-state index contributed by atoms with van der Waals surface area (Å²) in [4.78, 5) is 36.3. The van der Waals surface area contributed by atoms with Crippen LogP contribution in [0.4, 0.5) is 5.82 Å². The van der Waals surface area contributed by atoms with Crippen molar-refractivity contribution in [3.63, 3.8) is 0 Å². The van der Waals surface area contributed by atoms with Crippen LogP contribution in [0.2, 0.25) is 0 Å². The molecule has 4 N–H and O–H groups in total. The van der Waals surface area contributed by atoms with Crippen LogP contribution in [-0.4, -0.2) is 54.7 Å². The van der Waals surface area contributed by atoms with E-state index in [9.17, 15) is 14.4 Å². The molecule has 1 aromatic carbocycles. The number of hydrazone groups is 1. The zero-order chi connectivity index (χ0) is 21.9. The molecule has 30 heavy (non-hydrogen) atoms. The fraction of sp³-hybridized carbons (Fsp3) is 0.389. The largest absolute Gasteiger partial charge is 0.493 e. The van der Waals surface area contributed by atoms with Crippen molar-refractivity contribution in [3.8, 4) is 17.2 Å². The SMILES string of the molecule is CCCOc1c(OC)cc(/C=N/NC(=O)CCNc2n[nH]c(=O)[nH]c2=O)cc1OC. The lowest BCUT2D eigenvalue weighted by Crippen LogP contribution is -2.28. The maximum absolute atomic E-state index is 11.9.